The highest BCUT2D eigenvalue weighted by molar-refractivity contribution is 5.95. The van der Waals surface area contributed by atoms with Crippen molar-refractivity contribution in [2.24, 2.45) is 5.92 Å². The molecule has 0 aliphatic heterocycles. The molecule has 4 nitrogen and oxygen atoms in total. The summed E-state index contributed by atoms with van der Waals surface area (Å²) in [5, 5.41) is 9.20. The van der Waals surface area contributed by atoms with E-state index in [0.717, 1.165) is 6.42 Å². The van der Waals surface area contributed by atoms with E-state index in [1.54, 1.807) is 18.2 Å². The molecular formula is C14H22N2O2. The van der Waals surface area contributed by atoms with Gasteiger partial charge in [0.1, 0.15) is 0 Å². The fraction of sp³-hybridized carbons (Fsp3) is 0.500. The van der Waals surface area contributed by atoms with Crippen LogP contribution in [-0.2, 0) is 0 Å². The summed E-state index contributed by atoms with van der Waals surface area (Å²) >= 11 is 0. The lowest BCUT2D eigenvalue weighted by Gasteiger charge is -2.29. The van der Waals surface area contributed by atoms with Crippen molar-refractivity contribution in [3.8, 4) is 0 Å². The van der Waals surface area contributed by atoms with E-state index in [2.05, 4.69) is 20.8 Å². The Balaban J connectivity index is 3.06. The third-order valence-corrected chi connectivity index (χ3v) is 3.11. The first-order chi connectivity index (χ1) is 8.32. The van der Waals surface area contributed by atoms with Crippen LogP contribution in [0, 0.1) is 5.92 Å². The van der Waals surface area contributed by atoms with Crippen LogP contribution in [0.3, 0.4) is 0 Å². The van der Waals surface area contributed by atoms with Crippen LogP contribution in [0.25, 0.3) is 0 Å². The number of rotatable bonds is 5. The summed E-state index contributed by atoms with van der Waals surface area (Å²) in [6, 6.07) is 5.17. The van der Waals surface area contributed by atoms with E-state index in [0.29, 0.717) is 22.9 Å². The Morgan fingerprint density at radius 3 is 2.50 bits per heavy atom. The summed E-state index contributed by atoms with van der Waals surface area (Å²) in [6.45, 7) is 6.40. The minimum Gasteiger partial charge on any atom is -0.478 e. The van der Waals surface area contributed by atoms with E-state index in [1.807, 2.05) is 11.9 Å². The van der Waals surface area contributed by atoms with E-state index in [9.17, 15) is 9.90 Å². The molecule has 0 radical (unpaired) electrons. The molecule has 0 amide bonds. The molecule has 1 rings (SSSR count). The fourth-order valence-electron chi connectivity index (χ4n) is 2.10. The number of hydrogen-bond acceptors (Lipinski definition) is 3. The molecule has 0 heterocycles. The molecule has 0 fully saturated rings. The van der Waals surface area contributed by atoms with Gasteiger partial charge in [0.15, 0.2) is 0 Å². The van der Waals surface area contributed by atoms with E-state index in [4.69, 9.17) is 5.73 Å². The largest absolute Gasteiger partial charge is 0.478 e. The highest BCUT2D eigenvalue weighted by Gasteiger charge is 2.18. The second-order valence-electron chi connectivity index (χ2n) is 5.17. The lowest BCUT2D eigenvalue weighted by molar-refractivity contribution is 0.0697. The first-order valence-electron chi connectivity index (χ1n) is 6.18. The van der Waals surface area contributed by atoms with Crippen molar-refractivity contribution < 1.29 is 9.90 Å². The second-order valence-corrected chi connectivity index (χ2v) is 5.17. The number of hydrogen-bond donors (Lipinski definition) is 2. The van der Waals surface area contributed by atoms with Gasteiger partial charge in [-0.1, -0.05) is 13.8 Å². The Kier molecular flexibility index (Phi) is 4.59. The molecule has 1 atom stereocenters. The summed E-state index contributed by atoms with van der Waals surface area (Å²) in [4.78, 5) is 13.2. The number of nitrogen functional groups attached to an aromatic ring is 1. The molecule has 0 bridgehead atoms. The number of nitrogens with two attached hydrogens (primary N) is 1. The number of carboxylic acids is 1. The Bertz CT molecular complexity index is 430. The first kappa shape index (κ1) is 14.4. The Morgan fingerprint density at radius 1 is 1.39 bits per heavy atom. The number of carboxylic acid groups (broad SMARTS) is 1. The van der Waals surface area contributed by atoms with Gasteiger partial charge in [0.2, 0.25) is 0 Å². The van der Waals surface area contributed by atoms with E-state index >= 15 is 0 Å². The molecule has 1 aromatic carbocycles. The topological polar surface area (TPSA) is 66.6 Å². The van der Waals surface area contributed by atoms with Crippen LogP contribution in [0.5, 0.6) is 0 Å². The maximum atomic E-state index is 11.2. The quantitative estimate of drug-likeness (QED) is 0.789. The molecule has 18 heavy (non-hydrogen) atoms. The van der Waals surface area contributed by atoms with Crippen LogP contribution in [0.1, 0.15) is 37.6 Å². The van der Waals surface area contributed by atoms with Gasteiger partial charge in [-0.2, -0.15) is 0 Å². The lowest BCUT2D eigenvalue weighted by atomic mass is 10.0. The van der Waals surface area contributed by atoms with Crippen molar-refractivity contribution in [1.82, 2.24) is 0 Å². The Labute approximate surface area is 108 Å². The predicted octanol–water partition coefficient (Wildman–Crippen LogP) is 2.84. The van der Waals surface area contributed by atoms with Crippen LogP contribution < -0.4 is 10.6 Å². The SMILES string of the molecule is CC(C)CC(C)N(C)c1cc(N)ccc1C(=O)O. The molecule has 0 saturated carbocycles. The highest BCUT2D eigenvalue weighted by Crippen LogP contribution is 2.26. The van der Waals surface area contributed by atoms with Gasteiger partial charge in [-0.15, -0.1) is 0 Å². The van der Waals surface area contributed by atoms with Crippen molar-refractivity contribution in [2.45, 2.75) is 33.2 Å². The van der Waals surface area contributed by atoms with Gasteiger partial charge in [0.05, 0.1) is 11.3 Å². The molecule has 0 spiro atoms. The van der Waals surface area contributed by atoms with Gasteiger partial charge in [0, 0.05) is 18.8 Å². The fourth-order valence-corrected chi connectivity index (χ4v) is 2.10. The van der Waals surface area contributed by atoms with Gasteiger partial charge < -0.3 is 15.7 Å². The van der Waals surface area contributed by atoms with Gasteiger partial charge in [-0.25, -0.2) is 4.79 Å². The minimum atomic E-state index is -0.923. The normalized spacial score (nSPS) is 12.5. The second kappa shape index (κ2) is 5.76. The number of carbonyl (C=O) groups is 1. The third-order valence-electron chi connectivity index (χ3n) is 3.11. The summed E-state index contributed by atoms with van der Waals surface area (Å²) in [5.74, 6) is -0.356. The average molecular weight is 250 g/mol. The monoisotopic (exact) mass is 250 g/mol. The highest BCUT2D eigenvalue weighted by atomic mass is 16.4. The van der Waals surface area contributed by atoms with Gasteiger partial charge in [0.25, 0.3) is 0 Å². The molecule has 1 unspecified atom stereocenters. The van der Waals surface area contributed by atoms with Crippen molar-refractivity contribution in [3.63, 3.8) is 0 Å². The van der Waals surface area contributed by atoms with Crippen molar-refractivity contribution in [2.75, 3.05) is 17.7 Å². The Hall–Kier alpha value is -1.71. The smallest absolute Gasteiger partial charge is 0.337 e. The number of aromatic carboxylic acids is 1. The molecule has 0 aliphatic carbocycles. The average Bonchev–Trinajstić information content (AvgIpc) is 2.26. The van der Waals surface area contributed by atoms with E-state index < -0.39 is 5.97 Å². The standard InChI is InChI=1S/C14H22N2O2/c1-9(2)7-10(3)16(4)13-8-11(15)5-6-12(13)14(17)18/h5-6,8-10H,7,15H2,1-4H3,(H,17,18). The maximum absolute atomic E-state index is 11.2. The predicted molar refractivity (Wildman–Crippen MR) is 75.1 cm³/mol. The zero-order valence-electron chi connectivity index (χ0n) is 11.5. The molecule has 4 heteroatoms. The van der Waals surface area contributed by atoms with Crippen LogP contribution in [0.15, 0.2) is 18.2 Å². The van der Waals surface area contributed by atoms with E-state index in [-0.39, 0.29) is 6.04 Å². The molecule has 0 saturated heterocycles. The number of anilines is 2. The molecular weight excluding hydrogens is 228 g/mol. The first-order valence-corrected chi connectivity index (χ1v) is 6.18. The van der Waals surface area contributed by atoms with Gasteiger partial charge in [-0.3, -0.25) is 0 Å². The van der Waals surface area contributed by atoms with Crippen molar-refractivity contribution in [3.05, 3.63) is 23.8 Å². The molecule has 0 aromatic heterocycles. The Morgan fingerprint density at radius 2 is 2.00 bits per heavy atom. The van der Waals surface area contributed by atoms with Crippen LogP contribution >= 0.6 is 0 Å². The summed E-state index contributed by atoms with van der Waals surface area (Å²) in [7, 11) is 1.91. The molecule has 0 aliphatic rings. The zero-order chi connectivity index (χ0) is 13.9. The summed E-state index contributed by atoms with van der Waals surface area (Å²) < 4.78 is 0. The third kappa shape index (κ3) is 3.39. The molecule has 3 N–H and O–H groups in total. The zero-order valence-corrected chi connectivity index (χ0v) is 11.5. The van der Waals surface area contributed by atoms with Gasteiger partial charge in [-0.05, 0) is 37.5 Å². The molecule has 100 valence electrons. The van der Waals surface area contributed by atoms with Gasteiger partial charge >= 0.3 is 5.97 Å². The molecule has 1 aromatic rings. The van der Waals surface area contributed by atoms with Crippen LogP contribution in [0.4, 0.5) is 11.4 Å². The summed E-state index contributed by atoms with van der Waals surface area (Å²) in [5.41, 5.74) is 7.30. The van der Waals surface area contributed by atoms with Crippen molar-refractivity contribution >= 4 is 17.3 Å². The van der Waals surface area contributed by atoms with Crippen LogP contribution in [-0.4, -0.2) is 24.2 Å². The minimum absolute atomic E-state index is 0.268. The van der Waals surface area contributed by atoms with E-state index in [1.165, 1.54) is 0 Å². The van der Waals surface area contributed by atoms with Crippen molar-refractivity contribution in [1.29, 1.82) is 0 Å². The summed E-state index contributed by atoms with van der Waals surface area (Å²) in [6.07, 6.45) is 1.00. The lowest BCUT2D eigenvalue weighted by Crippen LogP contribution is -2.31. The van der Waals surface area contributed by atoms with Crippen LogP contribution in [0.2, 0.25) is 0 Å². The number of benzene rings is 1. The number of nitrogens with zero attached hydrogens (tertiary/aromatic N) is 1. The maximum Gasteiger partial charge on any atom is 0.337 e.